The first-order chi connectivity index (χ1) is 6.83. The van der Waals surface area contributed by atoms with Crippen LogP contribution in [0.2, 0.25) is 0 Å². The van der Waals surface area contributed by atoms with E-state index < -0.39 is 0 Å². The van der Waals surface area contributed by atoms with E-state index in [-0.39, 0.29) is 21.0 Å². The van der Waals surface area contributed by atoms with Crippen LogP contribution in [-0.2, 0) is 0 Å². The Bertz CT molecular complexity index is 210. The summed E-state index contributed by atoms with van der Waals surface area (Å²) in [5.74, 6) is 6.07. The Hall–Kier alpha value is 0.480. The lowest BCUT2D eigenvalue weighted by Crippen LogP contribution is -2.52. The molecule has 2 aliphatic heterocycles. The Morgan fingerprint density at radius 1 is 1.07 bits per heavy atom. The first kappa shape index (κ1) is 11.0. The number of piperidine rings is 1. The predicted molar refractivity (Wildman–Crippen MR) is 69.4 cm³/mol. The maximum absolute atomic E-state index is 6.07. The molecular weight excluding hydrogens is 289 g/mol. The number of halogens is 1. The molecular formula is C10H20IN3. The first-order valence-corrected chi connectivity index (χ1v) is 7.98. The van der Waals surface area contributed by atoms with Gasteiger partial charge >= 0.3 is 0 Å². The van der Waals surface area contributed by atoms with Crippen molar-refractivity contribution in [3.05, 3.63) is 0 Å². The van der Waals surface area contributed by atoms with Crippen LogP contribution in [0, 0.1) is 0 Å². The van der Waals surface area contributed by atoms with Crippen molar-refractivity contribution in [2.24, 2.45) is 5.84 Å². The van der Waals surface area contributed by atoms with Crippen molar-refractivity contribution in [2.75, 3.05) is 13.1 Å². The van der Waals surface area contributed by atoms with Crippen molar-refractivity contribution in [3.8, 4) is 0 Å². The van der Waals surface area contributed by atoms with Gasteiger partial charge in [-0.25, -0.2) is 8.12 Å². The second-order valence-corrected chi connectivity index (χ2v) is 6.17. The molecule has 14 heavy (non-hydrogen) atoms. The predicted octanol–water partition coefficient (Wildman–Crippen LogP) is 1.50. The molecule has 0 aromatic heterocycles. The number of hydrazine groups is 1. The summed E-state index contributed by atoms with van der Waals surface area (Å²) < 4.78 is 6.72. The third-order valence-corrected chi connectivity index (χ3v) is 5.50. The molecule has 0 amide bonds. The lowest BCUT2D eigenvalue weighted by molar-refractivity contribution is 0.106. The highest BCUT2D eigenvalue weighted by molar-refractivity contribution is 14.2. The van der Waals surface area contributed by atoms with E-state index in [2.05, 4.69) is 12.6 Å². The molecule has 0 aliphatic carbocycles. The van der Waals surface area contributed by atoms with E-state index in [1.807, 2.05) is 0 Å². The first-order valence-electron chi connectivity index (χ1n) is 5.49. The average Bonchev–Trinajstić information content (AvgIpc) is 2.66. The van der Waals surface area contributed by atoms with Gasteiger partial charge in [0.2, 0.25) is 0 Å². The molecule has 4 heteroatoms. The fourth-order valence-corrected chi connectivity index (χ4v) is 4.52. The molecule has 2 aliphatic rings. The molecule has 0 bridgehead atoms. The Labute approximate surface area is 96.7 Å². The average molecular weight is 309 g/mol. The van der Waals surface area contributed by atoms with Gasteiger partial charge < -0.3 is 0 Å². The zero-order chi connectivity index (χ0) is 9.97. The minimum Gasteiger partial charge on any atom is -0.268 e. The van der Waals surface area contributed by atoms with Gasteiger partial charge in [0.15, 0.2) is 0 Å². The van der Waals surface area contributed by atoms with Crippen molar-refractivity contribution in [3.63, 3.8) is 0 Å². The zero-order valence-corrected chi connectivity index (χ0v) is 10.8. The Morgan fingerprint density at radius 2 is 1.86 bits per heavy atom. The fourth-order valence-electron chi connectivity index (χ4n) is 2.68. The molecule has 2 rings (SSSR count). The second-order valence-electron chi connectivity index (χ2n) is 4.25. The van der Waals surface area contributed by atoms with Crippen LogP contribution in [-0.4, -0.2) is 37.8 Å². The molecule has 2 fully saturated rings. The fraction of sp³-hybridized carbons (Fsp3) is 0.900. The third kappa shape index (κ3) is 2.18. The molecule has 2 saturated heterocycles. The largest absolute Gasteiger partial charge is 0.268 e. The van der Waals surface area contributed by atoms with Crippen molar-refractivity contribution in [1.29, 1.82) is 0 Å². The van der Waals surface area contributed by atoms with Gasteiger partial charge in [0, 0.05) is 25.2 Å². The molecule has 0 aromatic rings. The van der Waals surface area contributed by atoms with Gasteiger partial charge in [-0.05, 0) is 46.7 Å². The summed E-state index contributed by atoms with van der Waals surface area (Å²) in [4.78, 5) is 0. The van der Waals surface area contributed by atoms with E-state index in [9.17, 15) is 0 Å². The molecule has 82 valence electrons. The van der Waals surface area contributed by atoms with Crippen LogP contribution in [0.5, 0.6) is 0 Å². The van der Waals surface area contributed by atoms with E-state index in [1.165, 1.54) is 38.6 Å². The summed E-state index contributed by atoms with van der Waals surface area (Å²) in [6.45, 7) is 2.36. The Balaban J connectivity index is 2.01. The van der Waals surface area contributed by atoms with Crippen molar-refractivity contribution < 1.29 is 0 Å². The topological polar surface area (TPSA) is 32.5 Å². The van der Waals surface area contributed by atoms with Crippen molar-refractivity contribution >= 4 is 25.5 Å². The zero-order valence-electron chi connectivity index (χ0n) is 8.66. The van der Waals surface area contributed by atoms with Crippen molar-refractivity contribution in [1.82, 2.24) is 8.12 Å². The Kier molecular flexibility index (Phi) is 3.93. The summed E-state index contributed by atoms with van der Waals surface area (Å²) >= 11 is 0.0184. The normalized spacial score (nSPS) is 36.4. The second kappa shape index (κ2) is 5.01. The maximum Gasteiger partial charge on any atom is 0.0404 e. The van der Waals surface area contributed by atoms with Crippen molar-refractivity contribution in [2.45, 2.75) is 44.2 Å². The molecule has 3 nitrogen and oxygen atoms in total. The lowest BCUT2D eigenvalue weighted by atomic mass is 9.96. The molecule has 0 aromatic carbocycles. The summed E-state index contributed by atoms with van der Waals surface area (Å²) in [5, 5.41) is 2.09. The van der Waals surface area contributed by atoms with E-state index in [4.69, 9.17) is 5.84 Å². The highest BCUT2D eigenvalue weighted by Gasteiger charge is 2.34. The van der Waals surface area contributed by atoms with Gasteiger partial charge in [0.25, 0.3) is 0 Å². The SMILES string of the molecule is C=IN1CCCC1C1CCCCN1N. The Morgan fingerprint density at radius 3 is 2.57 bits per heavy atom. The summed E-state index contributed by atoms with van der Waals surface area (Å²) in [6, 6.07) is 1.35. The van der Waals surface area contributed by atoms with Crippen LogP contribution in [0.3, 0.4) is 0 Å². The van der Waals surface area contributed by atoms with Crippen LogP contribution in [0.15, 0.2) is 0 Å². The molecule has 2 heterocycles. The smallest absolute Gasteiger partial charge is 0.0404 e. The number of rotatable bonds is 2. The van der Waals surface area contributed by atoms with E-state index in [1.54, 1.807) is 0 Å². The monoisotopic (exact) mass is 309 g/mol. The van der Waals surface area contributed by atoms with Crippen LogP contribution in [0.25, 0.3) is 0 Å². The number of nitrogens with zero attached hydrogens (tertiary/aromatic N) is 2. The highest BCUT2D eigenvalue weighted by Crippen LogP contribution is 2.31. The molecule has 0 radical (unpaired) electrons. The molecule has 2 N–H and O–H groups in total. The number of nitrogens with two attached hydrogens (primary N) is 1. The number of hydrogen-bond acceptors (Lipinski definition) is 3. The third-order valence-electron chi connectivity index (χ3n) is 3.42. The molecule has 0 spiro atoms. The molecule has 2 unspecified atom stereocenters. The van der Waals surface area contributed by atoms with Crippen LogP contribution < -0.4 is 5.84 Å². The van der Waals surface area contributed by atoms with Crippen LogP contribution >= 0.6 is 21.0 Å². The van der Waals surface area contributed by atoms with Crippen LogP contribution in [0.4, 0.5) is 0 Å². The maximum atomic E-state index is 6.07. The molecule has 2 atom stereocenters. The van der Waals surface area contributed by atoms with E-state index in [0.717, 1.165) is 12.6 Å². The number of hydrogen-bond donors (Lipinski definition) is 1. The quantitative estimate of drug-likeness (QED) is 0.477. The van der Waals surface area contributed by atoms with Gasteiger partial charge in [-0.3, -0.25) is 5.84 Å². The van der Waals surface area contributed by atoms with Crippen LogP contribution in [0.1, 0.15) is 32.1 Å². The van der Waals surface area contributed by atoms with Gasteiger partial charge in [-0.2, -0.15) is 0 Å². The summed E-state index contributed by atoms with van der Waals surface area (Å²) in [5.41, 5.74) is 0. The minimum absolute atomic E-state index is 0.0184. The summed E-state index contributed by atoms with van der Waals surface area (Å²) in [7, 11) is 0. The molecule has 0 saturated carbocycles. The van der Waals surface area contributed by atoms with E-state index in [0.29, 0.717) is 6.04 Å². The van der Waals surface area contributed by atoms with Gasteiger partial charge in [-0.15, -0.1) is 0 Å². The van der Waals surface area contributed by atoms with E-state index >= 15 is 0 Å². The summed E-state index contributed by atoms with van der Waals surface area (Å²) in [6.07, 6.45) is 6.62. The highest BCUT2D eigenvalue weighted by atomic mass is 127. The van der Waals surface area contributed by atoms with Gasteiger partial charge in [0.1, 0.15) is 0 Å². The lowest BCUT2D eigenvalue weighted by Gasteiger charge is -2.38. The van der Waals surface area contributed by atoms with Gasteiger partial charge in [-0.1, -0.05) is 10.9 Å². The van der Waals surface area contributed by atoms with Gasteiger partial charge in [0.05, 0.1) is 0 Å². The minimum atomic E-state index is 0.0184. The standard InChI is InChI=1S/C10H20IN3/c1-11-13-7-4-6-9(13)10-5-2-3-8-14(10)12/h9-10H,1-8,12H2.